The minimum absolute atomic E-state index is 0. The maximum atomic E-state index is 5.97. The van der Waals surface area contributed by atoms with E-state index in [1.165, 1.54) is 0 Å². The number of pyridine rings is 2. The van der Waals surface area contributed by atoms with Crippen molar-refractivity contribution in [3.8, 4) is 34.0 Å². The van der Waals surface area contributed by atoms with Crippen LogP contribution in [-0.2, 0) is 0 Å². The third-order valence-electron chi connectivity index (χ3n) is 5.00. The first kappa shape index (κ1) is 27.2. The molecule has 4 rings (SSSR count). The summed E-state index contributed by atoms with van der Waals surface area (Å²) in [6.45, 7) is 8.16. The van der Waals surface area contributed by atoms with E-state index >= 15 is 0 Å². The molecular formula is C28H30Cl2N2O2. The van der Waals surface area contributed by atoms with Gasteiger partial charge in [0.05, 0.1) is 12.2 Å². The van der Waals surface area contributed by atoms with E-state index in [0.717, 1.165) is 34.0 Å². The number of para-hydroxylation sites is 4. The van der Waals surface area contributed by atoms with Crippen LogP contribution in [0.3, 0.4) is 0 Å². The Balaban J connectivity index is 0.00000204. The molecule has 0 N–H and O–H groups in total. The first-order chi connectivity index (χ1) is 15.5. The van der Waals surface area contributed by atoms with Gasteiger partial charge in [-0.25, -0.2) is 0 Å². The lowest BCUT2D eigenvalue weighted by molar-refractivity contribution is -0.596. The van der Waals surface area contributed by atoms with E-state index in [1.807, 2.05) is 64.1 Å². The molecule has 0 aliphatic rings. The van der Waals surface area contributed by atoms with Crippen molar-refractivity contribution < 1.29 is 43.4 Å². The number of halogens is 2. The van der Waals surface area contributed by atoms with Gasteiger partial charge in [0.25, 0.3) is 11.4 Å². The van der Waals surface area contributed by atoms with Gasteiger partial charge in [-0.3, -0.25) is 0 Å². The van der Waals surface area contributed by atoms with Crippen molar-refractivity contribution in [3.63, 3.8) is 0 Å². The zero-order valence-electron chi connectivity index (χ0n) is 19.9. The largest absolute Gasteiger partial charge is 1.00 e. The van der Waals surface area contributed by atoms with Crippen molar-refractivity contribution in [3.05, 3.63) is 97.6 Å². The van der Waals surface area contributed by atoms with Crippen molar-refractivity contribution in [1.29, 1.82) is 0 Å². The van der Waals surface area contributed by atoms with Crippen LogP contribution in [-0.4, -0.2) is 12.2 Å². The average Bonchev–Trinajstić information content (AvgIpc) is 2.79. The molecule has 0 radical (unpaired) electrons. The topological polar surface area (TPSA) is 26.2 Å². The lowest BCUT2D eigenvalue weighted by Gasteiger charge is -2.11. The van der Waals surface area contributed by atoms with E-state index in [9.17, 15) is 0 Å². The lowest BCUT2D eigenvalue weighted by Crippen LogP contribution is -3.00. The number of rotatable bonds is 7. The summed E-state index contributed by atoms with van der Waals surface area (Å²) in [6, 6.07) is 24.7. The number of hydrogen-bond acceptors (Lipinski definition) is 2. The number of aromatic nitrogens is 2. The van der Waals surface area contributed by atoms with Gasteiger partial charge in [-0.1, -0.05) is 24.3 Å². The zero-order chi connectivity index (χ0) is 22.5. The normalized spacial score (nSPS) is 10.4. The van der Waals surface area contributed by atoms with Gasteiger partial charge in [0.2, 0.25) is 0 Å². The van der Waals surface area contributed by atoms with Crippen LogP contribution in [0.25, 0.3) is 22.5 Å². The number of ether oxygens (including phenoxy) is 2. The van der Waals surface area contributed by atoms with Crippen molar-refractivity contribution in [2.75, 3.05) is 0 Å². The van der Waals surface area contributed by atoms with Crippen molar-refractivity contribution in [1.82, 2.24) is 0 Å². The van der Waals surface area contributed by atoms with Gasteiger partial charge in [0, 0.05) is 36.4 Å². The van der Waals surface area contributed by atoms with Crippen LogP contribution in [0.15, 0.2) is 97.6 Å². The Morgan fingerprint density at radius 2 is 0.824 bits per heavy atom. The molecule has 6 heteroatoms. The highest BCUT2D eigenvalue weighted by molar-refractivity contribution is 5.61. The summed E-state index contributed by atoms with van der Waals surface area (Å²) in [5, 5.41) is 0. The molecule has 178 valence electrons. The van der Waals surface area contributed by atoms with Gasteiger partial charge in [-0.05, 0) is 51.0 Å². The Morgan fingerprint density at radius 1 is 0.500 bits per heavy atom. The van der Waals surface area contributed by atoms with E-state index in [1.54, 1.807) is 0 Å². The highest BCUT2D eigenvalue weighted by Crippen LogP contribution is 2.22. The van der Waals surface area contributed by atoms with Crippen LogP contribution in [0, 0.1) is 0 Å². The molecular weight excluding hydrogens is 467 g/mol. The van der Waals surface area contributed by atoms with Gasteiger partial charge in [0.1, 0.15) is 0 Å². The fourth-order valence-electron chi connectivity index (χ4n) is 3.61. The summed E-state index contributed by atoms with van der Waals surface area (Å²) in [6.07, 6.45) is 8.55. The molecule has 0 unspecified atom stereocenters. The quantitative estimate of drug-likeness (QED) is 0.322. The van der Waals surface area contributed by atoms with E-state index < -0.39 is 0 Å². The lowest BCUT2D eigenvalue weighted by atomic mass is 10.1. The van der Waals surface area contributed by atoms with Gasteiger partial charge in [-0.15, -0.1) is 0 Å². The summed E-state index contributed by atoms with van der Waals surface area (Å²) >= 11 is 0. The first-order valence-corrected chi connectivity index (χ1v) is 11.1. The number of hydrogen-bond donors (Lipinski definition) is 0. The minimum atomic E-state index is 0. The molecule has 0 saturated heterocycles. The molecule has 34 heavy (non-hydrogen) atoms. The highest BCUT2D eigenvalue weighted by Gasteiger charge is 2.16. The second-order valence-electron chi connectivity index (χ2n) is 8.26. The first-order valence-electron chi connectivity index (χ1n) is 11.1. The molecule has 0 aliphatic heterocycles. The Kier molecular flexibility index (Phi) is 9.91. The Morgan fingerprint density at radius 3 is 1.15 bits per heavy atom. The smallest absolute Gasteiger partial charge is 0.252 e. The van der Waals surface area contributed by atoms with Gasteiger partial charge < -0.3 is 34.3 Å². The molecule has 2 heterocycles. The monoisotopic (exact) mass is 496 g/mol. The predicted molar refractivity (Wildman–Crippen MR) is 126 cm³/mol. The third-order valence-corrected chi connectivity index (χ3v) is 5.00. The molecule has 0 saturated carbocycles. The minimum Gasteiger partial charge on any atom is -1.00 e. The van der Waals surface area contributed by atoms with E-state index in [-0.39, 0.29) is 37.0 Å². The van der Waals surface area contributed by atoms with Crippen molar-refractivity contribution >= 4 is 0 Å². The molecule has 4 nitrogen and oxygen atoms in total. The predicted octanol–water partition coefficient (Wildman–Crippen LogP) is -0.511. The summed E-state index contributed by atoms with van der Waals surface area (Å²) in [7, 11) is 0. The van der Waals surface area contributed by atoms with Crippen molar-refractivity contribution in [2.45, 2.75) is 39.9 Å². The van der Waals surface area contributed by atoms with E-state index in [4.69, 9.17) is 9.47 Å². The SMILES string of the molecule is CC(C)Oc1ccccc1-[n+]1ccc(-c2cc[n+](-c3ccccc3OC(C)C)cc2)cc1.[Cl-].[Cl-]. The van der Waals surface area contributed by atoms with Gasteiger partial charge in [0.15, 0.2) is 36.3 Å². The zero-order valence-corrected chi connectivity index (χ0v) is 21.4. The van der Waals surface area contributed by atoms with Crippen LogP contribution in [0.4, 0.5) is 0 Å². The van der Waals surface area contributed by atoms with E-state index in [0.29, 0.717) is 0 Å². The highest BCUT2D eigenvalue weighted by atomic mass is 35.5. The Labute approximate surface area is 214 Å². The Hall–Kier alpha value is -3.08. The van der Waals surface area contributed by atoms with Crippen LogP contribution in [0.5, 0.6) is 11.5 Å². The summed E-state index contributed by atoms with van der Waals surface area (Å²) < 4.78 is 16.1. The second kappa shape index (κ2) is 12.4. The third kappa shape index (κ3) is 6.49. The number of nitrogens with zero attached hydrogens (tertiary/aromatic N) is 2. The fourth-order valence-corrected chi connectivity index (χ4v) is 3.61. The van der Waals surface area contributed by atoms with Gasteiger partial charge in [-0.2, -0.15) is 9.13 Å². The maximum absolute atomic E-state index is 5.97. The standard InChI is InChI=1S/C28H30N2O2.2ClH/c1-21(2)31-27-11-7-5-9-25(27)29-17-13-23(14-18-29)24-15-19-30(20-16-24)26-10-6-8-12-28(26)32-22(3)4;;/h5-22H,1-4H3;2*1H/q+2;;/p-2. The molecule has 0 aliphatic carbocycles. The molecule has 2 aromatic carbocycles. The van der Waals surface area contributed by atoms with Crippen LogP contribution < -0.4 is 43.4 Å². The van der Waals surface area contributed by atoms with Crippen LogP contribution in [0.2, 0.25) is 0 Å². The van der Waals surface area contributed by atoms with Crippen LogP contribution in [0.1, 0.15) is 27.7 Å². The Bertz CT molecular complexity index is 1080. The molecule has 0 amide bonds. The average molecular weight is 497 g/mol. The number of benzene rings is 2. The second-order valence-corrected chi connectivity index (χ2v) is 8.26. The summed E-state index contributed by atoms with van der Waals surface area (Å²) in [4.78, 5) is 0. The summed E-state index contributed by atoms with van der Waals surface area (Å²) in [5.74, 6) is 1.76. The molecule has 0 spiro atoms. The molecule has 4 aromatic rings. The molecule has 0 bridgehead atoms. The van der Waals surface area contributed by atoms with Crippen molar-refractivity contribution in [2.24, 2.45) is 0 Å². The van der Waals surface area contributed by atoms with Crippen LogP contribution >= 0.6 is 0 Å². The maximum Gasteiger partial charge on any atom is 0.252 e. The molecule has 0 fully saturated rings. The van der Waals surface area contributed by atoms with Gasteiger partial charge >= 0.3 is 0 Å². The van der Waals surface area contributed by atoms with E-state index in [2.05, 4.69) is 70.3 Å². The molecule has 2 aromatic heterocycles. The fraction of sp³-hybridized carbons (Fsp3) is 0.214. The molecule has 0 atom stereocenters. The summed E-state index contributed by atoms with van der Waals surface area (Å²) in [5.41, 5.74) is 4.37.